The first-order chi connectivity index (χ1) is 11.4. The van der Waals surface area contributed by atoms with Crippen molar-refractivity contribution in [1.82, 2.24) is 14.5 Å². The van der Waals surface area contributed by atoms with Gasteiger partial charge in [0.25, 0.3) is 0 Å². The first-order valence-corrected chi connectivity index (χ1v) is 9.53. The minimum Gasteiger partial charge on any atom is -0.344 e. The van der Waals surface area contributed by atoms with Crippen LogP contribution in [-0.2, 0) is 19.6 Å². The fourth-order valence-corrected chi connectivity index (χ4v) is 4.47. The number of piperazine rings is 1. The molecule has 0 unspecified atom stereocenters. The Labute approximate surface area is 145 Å². The lowest BCUT2D eigenvalue weighted by Crippen LogP contribution is -2.54. The summed E-state index contributed by atoms with van der Waals surface area (Å²) in [5, 5.41) is 3.12. The van der Waals surface area contributed by atoms with Gasteiger partial charge < -0.3 is 10.2 Å². The molecule has 2 aliphatic rings. The van der Waals surface area contributed by atoms with Crippen LogP contribution in [0.25, 0.3) is 0 Å². The van der Waals surface area contributed by atoms with E-state index < -0.39 is 16.1 Å². The second-order valence-electron chi connectivity index (χ2n) is 5.84. The van der Waals surface area contributed by atoms with Crippen molar-refractivity contribution in [1.29, 1.82) is 0 Å². The van der Waals surface area contributed by atoms with Crippen LogP contribution in [0.1, 0.15) is 12.8 Å². The number of hydrogen-bond donors (Lipinski definition) is 1. The Morgan fingerprint density at radius 1 is 1.12 bits per heavy atom. The van der Waals surface area contributed by atoms with Crippen LogP contribution in [0.15, 0.2) is 29.2 Å². The van der Waals surface area contributed by atoms with Gasteiger partial charge in [0, 0.05) is 37.6 Å². The molecule has 9 heteroatoms. The van der Waals surface area contributed by atoms with Crippen molar-refractivity contribution in [3.63, 3.8) is 0 Å². The molecule has 0 saturated carbocycles. The van der Waals surface area contributed by atoms with E-state index in [1.165, 1.54) is 28.6 Å². The Hall–Kier alpha value is -1.64. The van der Waals surface area contributed by atoms with Crippen LogP contribution < -0.4 is 5.32 Å². The van der Waals surface area contributed by atoms with Gasteiger partial charge in [0.05, 0.1) is 4.90 Å². The maximum absolute atomic E-state index is 12.6. The fourth-order valence-electron chi connectivity index (χ4n) is 2.92. The van der Waals surface area contributed by atoms with E-state index in [9.17, 15) is 18.0 Å². The summed E-state index contributed by atoms with van der Waals surface area (Å²) in [6.45, 7) is 1.10. The zero-order chi connectivity index (χ0) is 17.3. The largest absolute Gasteiger partial charge is 0.344 e. The highest BCUT2D eigenvalue weighted by atomic mass is 35.5. The van der Waals surface area contributed by atoms with Crippen molar-refractivity contribution < 1.29 is 18.0 Å². The Kier molecular flexibility index (Phi) is 4.80. The summed E-state index contributed by atoms with van der Waals surface area (Å²) >= 11 is 5.79. The molecule has 0 aliphatic carbocycles. The molecule has 130 valence electrons. The van der Waals surface area contributed by atoms with E-state index in [2.05, 4.69) is 5.32 Å². The SMILES string of the molecule is O=C1CC[C@H](C(=O)N2CCN(S(=O)(=O)c3ccc(Cl)cc3)CC2)N1. The zero-order valence-corrected chi connectivity index (χ0v) is 14.5. The number of nitrogens with zero attached hydrogens (tertiary/aromatic N) is 2. The molecule has 1 aromatic rings. The summed E-state index contributed by atoms with van der Waals surface area (Å²) in [5.41, 5.74) is 0. The molecule has 2 saturated heterocycles. The maximum atomic E-state index is 12.6. The number of rotatable bonds is 3. The molecule has 0 bridgehead atoms. The molecule has 2 amide bonds. The van der Waals surface area contributed by atoms with Gasteiger partial charge in [0.2, 0.25) is 21.8 Å². The molecule has 24 heavy (non-hydrogen) atoms. The van der Waals surface area contributed by atoms with E-state index in [1.807, 2.05) is 0 Å². The lowest BCUT2D eigenvalue weighted by atomic mass is 10.2. The molecule has 7 nitrogen and oxygen atoms in total. The smallest absolute Gasteiger partial charge is 0.245 e. The van der Waals surface area contributed by atoms with Crippen LogP contribution in [0.3, 0.4) is 0 Å². The highest BCUT2D eigenvalue weighted by Crippen LogP contribution is 2.20. The number of benzene rings is 1. The average Bonchev–Trinajstić information content (AvgIpc) is 3.01. The van der Waals surface area contributed by atoms with Gasteiger partial charge in [-0.15, -0.1) is 0 Å². The highest BCUT2D eigenvalue weighted by molar-refractivity contribution is 7.89. The average molecular weight is 372 g/mol. The van der Waals surface area contributed by atoms with E-state index >= 15 is 0 Å². The molecule has 2 heterocycles. The molecule has 1 N–H and O–H groups in total. The summed E-state index contributed by atoms with van der Waals surface area (Å²) in [6.07, 6.45) is 0.863. The normalized spacial score (nSPS) is 22.5. The fraction of sp³-hybridized carbons (Fsp3) is 0.467. The van der Waals surface area contributed by atoms with E-state index in [0.29, 0.717) is 31.0 Å². The minimum absolute atomic E-state index is 0.114. The van der Waals surface area contributed by atoms with E-state index in [4.69, 9.17) is 11.6 Å². The summed E-state index contributed by atoms with van der Waals surface area (Å²) < 4.78 is 26.6. The Morgan fingerprint density at radius 3 is 2.29 bits per heavy atom. The van der Waals surface area contributed by atoms with Gasteiger partial charge in [0.1, 0.15) is 6.04 Å². The van der Waals surface area contributed by atoms with Crippen molar-refractivity contribution >= 4 is 33.4 Å². The molecule has 1 aromatic carbocycles. The maximum Gasteiger partial charge on any atom is 0.245 e. The summed E-state index contributed by atoms with van der Waals surface area (Å²) in [7, 11) is -3.59. The summed E-state index contributed by atoms with van der Waals surface area (Å²) in [6, 6.07) is 5.55. The molecule has 2 aliphatic heterocycles. The monoisotopic (exact) mass is 371 g/mol. The topological polar surface area (TPSA) is 86.8 Å². The van der Waals surface area contributed by atoms with Crippen LogP contribution in [-0.4, -0.2) is 61.7 Å². The second-order valence-corrected chi connectivity index (χ2v) is 8.22. The molecule has 0 aromatic heterocycles. The number of carbonyl (C=O) groups excluding carboxylic acids is 2. The highest BCUT2D eigenvalue weighted by Gasteiger charge is 2.34. The van der Waals surface area contributed by atoms with Crippen molar-refractivity contribution in [3.05, 3.63) is 29.3 Å². The third-order valence-corrected chi connectivity index (χ3v) is 6.46. The third kappa shape index (κ3) is 3.40. The van der Waals surface area contributed by atoms with Crippen LogP contribution in [0.4, 0.5) is 0 Å². The number of hydrogen-bond acceptors (Lipinski definition) is 4. The molecule has 0 radical (unpaired) electrons. The number of carbonyl (C=O) groups is 2. The number of sulfonamides is 1. The zero-order valence-electron chi connectivity index (χ0n) is 12.9. The Morgan fingerprint density at radius 2 is 1.75 bits per heavy atom. The third-order valence-electron chi connectivity index (χ3n) is 4.30. The van der Waals surface area contributed by atoms with E-state index in [0.717, 1.165) is 0 Å². The van der Waals surface area contributed by atoms with Gasteiger partial charge >= 0.3 is 0 Å². The van der Waals surface area contributed by atoms with Gasteiger partial charge in [-0.3, -0.25) is 9.59 Å². The van der Waals surface area contributed by atoms with E-state index in [1.54, 1.807) is 4.90 Å². The molecular formula is C15H18ClN3O4S. The quantitative estimate of drug-likeness (QED) is 0.835. The van der Waals surface area contributed by atoms with Crippen LogP contribution in [0.5, 0.6) is 0 Å². The molecule has 0 spiro atoms. The number of halogens is 1. The van der Waals surface area contributed by atoms with Crippen molar-refractivity contribution in [3.8, 4) is 0 Å². The molecule has 1 atom stereocenters. The summed E-state index contributed by atoms with van der Waals surface area (Å²) in [5.74, 6) is -0.248. The Balaban J connectivity index is 1.63. The number of nitrogens with one attached hydrogen (secondary N) is 1. The van der Waals surface area contributed by atoms with Gasteiger partial charge in [0.15, 0.2) is 0 Å². The number of amides is 2. The van der Waals surface area contributed by atoms with Crippen molar-refractivity contribution in [2.45, 2.75) is 23.8 Å². The summed E-state index contributed by atoms with van der Waals surface area (Å²) in [4.78, 5) is 25.4. The van der Waals surface area contributed by atoms with Crippen molar-refractivity contribution in [2.24, 2.45) is 0 Å². The standard InChI is InChI=1S/C15H18ClN3O4S/c16-11-1-3-12(4-2-11)24(22,23)19-9-7-18(8-10-19)15(21)13-5-6-14(20)17-13/h1-4,13H,5-10H2,(H,17,20)/t13-/m1/s1. The molecule has 2 fully saturated rings. The Bertz CT molecular complexity index is 742. The molecule has 3 rings (SSSR count). The van der Waals surface area contributed by atoms with Crippen LogP contribution in [0, 0.1) is 0 Å². The first kappa shape index (κ1) is 17.2. The predicted octanol–water partition coefficient (Wildman–Crippen LogP) is 0.452. The van der Waals surface area contributed by atoms with Gasteiger partial charge in [-0.2, -0.15) is 4.31 Å². The lowest BCUT2D eigenvalue weighted by molar-refractivity contribution is -0.135. The van der Waals surface area contributed by atoms with Crippen molar-refractivity contribution in [2.75, 3.05) is 26.2 Å². The van der Waals surface area contributed by atoms with Gasteiger partial charge in [-0.05, 0) is 30.7 Å². The minimum atomic E-state index is -3.59. The lowest BCUT2D eigenvalue weighted by Gasteiger charge is -2.35. The van der Waals surface area contributed by atoms with Gasteiger partial charge in [-0.25, -0.2) is 8.42 Å². The van der Waals surface area contributed by atoms with Gasteiger partial charge in [-0.1, -0.05) is 11.6 Å². The predicted molar refractivity (Wildman–Crippen MR) is 88.0 cm³/mol. The van der Waals surface area contributed by atoms with E-state index in [-0.39, 0.29) is 29.8 Å². The van der Waals surface area contributed by atoms with Crippen LogP contribution >= 0.6 is 11.6 Å². The second kappa shape index (κ2) is 6.70. The molecular weight excluding hydrogens is 354 g/mol. The van der Waals surface area contributed by atoms with Crippen LogP contribution in [0.2, 0.25) is 5.02 Å². The first-order valence-electron chi connectivity index (χ1n) is 7.72.